The molecule has 1 atom stereocenters. The Morgan fingerprint density at radius 1 is 1.10 bits per heavy atom. The van der Waals surface area contributed by atoms with E-state index in [0.29, 0.717) is 58.5 Å². The zero-order valence-corrected chi connectivity index (χ0v) is 20.4. The van der Waals surface area contributed by atoms with Gasteiger partial charge in [-0.25, -0.2) is 0 Å². The molecule has 0 saturated heterocycles. The maximum atomic E-state index is 11.6. The Labute approximate surface area is 185 Å². The molecule has 0 aliphatic carbocycles. The van der Waals surface area contributed by atoms with Gasteiger partial charge in [-0.15, -0.1) is 0 Å². The van der Waals surface area contributed by atoms with Gasteiger partial charge in [0.05, 0.1) is 39.6 Å². The molecule has 3 N–H and O–H groups in total. The van der Waals surface area contributed by atoms with Gasteiger partial charge in [0, 0.05) is 17.1 Å². The highest BCUT2D eigenvalue weighted by Crippen LogP contribution is 2.39. The number of hydrogen-bond donors (Lipinski definition) is 2. The van der Waals surface area contributed by atoms with E-state index in [1.807, 2.05) is 24.6 Å². The third-order valence-corrected chi connectivity index (χ3v) is 6.81. The summed E-state index contributed by atoms with van der Waals surface area (Å²) in [6.45, 7) is 14.1. The third kappa shape index (κ3) is 22.1. The van der Waals surface area contributed by atoms with Gasteiger partial charge in [0.25, 0.3) is 0 Å². The van der Waals surface area contributed by atoms with Crippen molar-refractivity contribution in [3.05, 3.63) is 0 Å². The molecule has 0 aliphatic heterocycles. The van der Waals surface area contributed by atoms with Crippen LogP contribution in [0.4, 0.5) is 0 Å². The number of carbonyl (C=O) groups excluding carboxylic acids is 1. The van der Waals surface area contributed by atoms with Crippen LogP contribution >= 0.6 is 21.6 Å². The van der Waals surface area contributed by atoms with Crippen LogP contribution in [0.25, 0.3) is 0 Å². The molecule has 0 heterocycles. The number of carbonyl (C=O) groups is 1. The van der Waals surface area contributed by atoms with Crippen LogP contribution in [-0.4, -0.2) is 62.2 Å². The zero-order chi connectivity index (χ0) is 22.0. The number of amides is 1. The smallest absolute Gasteiger partial charge is 0.223 e. The Morgan fingerprint density at radius 2 is 1.76 bits per heavy atom. The summed E-state index contributed by atoms with van der Waals surface area (Å²) >= 11 is 0. The molecule has 0 radical (unpaired) electrons. The van der Waals surface area contributed by atoms with Crippen molar-refractivity contribution in [2.45, 2.75) is 64.1 Å². The molecule has 1 unspecified atom stereocenters. The molecule has 29 heavy (non-hydrogen) atoms. The summed E-state index contributed by atoms with van der Waals surface area (Å²) in [4.78, 5) is 11.6. The van der Waals surface area contributed by atoms with Crippen molar-refractivity contribution < 1.29 is 19.0 Å². The first-order valence-electron chi connectivity index (χ1n) is 10.3. The zero-order valence-electron chi connectivity index (χ0n) is 18.8. The minimum Gasteiger partial charge on any atom is -0.379 e. The van der Waals surface area contributed by atoms with Crippen molar-refractivity contribution in [1.82, 2.24) is 5.32 Å². The average Bonchev–Trinajstić information content (AvgIpc) is 2.64. The molecule has 0 aliphatic rings. The fraction of sp³-hybridized carbons (Fsp3) is 0.857. The van der Waals surface area contributed by atoms with Gasteiger partial charge >= 0.3 is 0 Å². The molecule has 170 valence electrons. The van der Waals surface area contributed by atoms with Crippen LogP contribution in [0.5, 0.6) is 0 Å². The van der Waals surface area contributed by atoms with Gasteiger partial charge in [0.1, 0.15) is 5.44 Å². The summed E-state index contributed by atoms with van der Waals surface area (Å²) in [6.07, 6.45) is 2.23. The van der Waals surface area contributed by atoms with E-state index in [4.69, 9.17) is 19.9 Å². The summed E-state index contributed by atoms with van der Waals surface area (Å²) in [6, 6.07) is 0. The van der Waals surface area contributed by atoms with Crippen LogP contribution in [0.1, 0.15) is 53.9 Å². The number of ether oxygens (including phenoxy) is 3. The Morgan fingerprint density at radius 3 is 2.38 bits per heavy atom. The van der Waals surface area contributed by atoms with Crippen molar-refractivity contribution in [3.63, 3.8) is 0 Å². The van der Waals surface area contributed by atoms with Gasteiger partial charge in [-0.1, -0.05) is 68.0 Å². The lowest BCUT2D eigenvalue weighted by Crippen LogP contribution is -2.25. The minimum atomic E-state index is -0.0495. The first-order chi connectivity index (χ1) is 13.7. The highest BCUT2D eigenvalue weighted by molar-refractivity contribution is 8.77. The molecule has 0 aromatic heterocycles. The second-order valence-corrected chi connectivity index (χ2v) is 10.9. The van der Waals surface area contributed by atoms with Crippen molar-refractivity contribution in [2.75, 3.05) is 46.1 Å². The molecular weight excluding hydrogens is 408 g/mol. The quantitative estimate of drug-likeness (QED) is 0.162. The number of hydrogen-bond acceptors (Lipinski definition) is 7. The summed E-state index contributed by atoms with van der Waals surface area (Å²) in [7, 11) is 3.60. The topological polar surface area (TPSA) is 82.8 Å². The van der Waals surface area contributed by atoms with Crippen LogP contribution in [0.2, 0.25) is 0 Å². The van der Waals surface area contributed by atoms with Gasteiger partial charge in [0.2, 0.25) is 5.91 Å². The van der Waals surface area contributed by atoms with Gasteiger partial charge in [-0.05, 0) is 19.4 Å². The van der Waals surface area contributed by atoms with Crippen molar-refractivity contribution >= 4 is 27.5 Å². The van der Waals surface area contributed by atoms with E-state index in [-0.39, 0.29) is 16.1 Å². The maximum Gasteiger partial charge on any atom is 0.223 e. The van der Waals surface area contributed by atoms with Gasteiger partial charge in [0.15, 0.2) is 0 Å². The lowest BCUT2D eigenvalue weighted by molar-refractivity contribution is -0.122. The summed E-state index contributed by atoms with van der Waals surface area (Å²) < 4.78 is 17.1. The van der Waals surface area contributed by atoms with E-state index in [0.717, 1.165) is 12.8 Å². The minimum absolute atomic E-state index is 0.0495. The molecular formula is C21H40N2O4S2. The molecule has 0 bridgehead atoms. The van der Waals surface area contributed by atoms with E-state index in [1.54, 1.807) is 10.8 Å². The van der Waals surface area contributed by atoms with E-state index in [2.05, 4.69) is 37.9 Å². The SMILES string of the molecule is CC(C)C#CCNC(=O)CCOCCOCCOC(CCCN)SSC(C)(C)C. The van der Waals surface area contributed by atoms with Gasteiger partial charge < -0.3 is 25.3 Å². The number of nitrogens with two attached hydrogens (primary N) is 1. The molecule has 0 aromatic carbocycles. The summed E-state index contributed by atoms with van der Waals surface area (Å²) in [5, 5.41) is 2.75. The Bertz CT molecular complexity index is 474. The lowest BCUT2D eigenvalue weighted by atomic mass is 10.2. The van der Waals surface area contributed by atoms with Crippen LogP contribution in [0.3, 0.4) is 0 Å². The standard InChI is InChI=1S/C21H40N2O4S2/c1-18(2)8-7-12-23-19(24)10-13-25-14-15-26-16-17-27-20(9-6-11-22)28-29-21(3,4)5/h18,20H,6,9-17,22H2,1-5H3,(H,23,24). The van der Waals surface area contributed by atoms with Crippen molar-refractivity contribution in [3.8, 4) is 11.8 Å². The van der Waals surface area contributed by atoms with Gasteiger partial charge in [-0.3, -0.25) is 4.79 Å². The fourth-order valence-corrected chi connectivity index (χ4v) is 4.31. The molecule has 0 spiro atoms. The van der Waals surface area contributed by atoms with Crippen LogP contribution in [-0.2, 0) is 19.0 Å². The molecule has 0 fully saturated rings. The highest BCUT2D eigenvalue weighted by atomic mass is 33.1. The monoisotopic (exact) mass is 448 g/mol. The first kappa shape index (κ1) is 28.6. The normalized spacial score (nSPS) is 12.5. The molecule has 0 rings (SSSR count). The van der Waals surface area contributed by atoms with Crippen molar-refractivity contribution in [2.24, 2.45) is 11.7 Å². The largest absolute Gasteiger partial charge is 0.379 e. The molecule has 8 heteroatoms. The van der Waals surface area contributed by atoms with Crippen molar-refractivity contribution in [1.29, 1.82) is 0 Å². The van der Waals surface area contributed by atoms with E-state index < -0.39 is 0 Å². The number of nitrogens with one attached hydrogen (secondary N) is 1. The van der Waals surface area contributed by atoms with E-state index >= 15 is 0 Å². The predicted octanol–water partition coefficient (Wildman–Crippen LogP) is 3.45. The number of rotatable bonds is 16. The van der Waals surface area contributed by atoms with Crippen LogP contribution in [0, 0.1) is 17.8 Å². The van der Waals surface area contributed by atoms with Crippen LogP contribution in [0.15, 0.2) is 0 Å². The van der Waals surface area contributed by atoms with Gasteiger partial charge in [-0.2, -0.15) is 0 Å². The lowest BCUT2D eigenvalue weighted by Gasteiger charge is -2.22. The van der Waals surface area contributed by atoms with E-state index in [1.165, 1.54) is 0 Å². The van der Waals surface area contributed by atoms with Crippen LogP contribution < -0.4 is 11.1 Å². The predicted molar refractivity (Wildman–Crippen MR) is 125 cm³/mol. The molecule has 0 aromatic rings. The van der Waals surface area contributed by atoms with E-state index in [9.17, 15) is 4.79 Å². The summed E-state index contributed by atoms with van der Waals surface area (Å²) in [5.41, 5.74) is 5.74. The first-order valence-corrected chi connectivity index (χ1v) is 12.5. The second kappa shape index (κ2) is 18.3. The second-order valence-electron chi connectivity index (χ2n) is 7.75. The maximum absolute atomic E-state index is 11.6. The molecule has 1 amide bonds. The fourth-order valence-electron chi connectivity index (χ4n) is 1.85. The Hall–Kier alpha value is -0.430. The third-order valence-electron chi connectivity index (χ3n) is 3.19. The molecule has 6 nitrogen and oxygen atoms in total. The summed E-state index contributed by atoms with van der Waals surface area (Å²) in [5.74, 6) is 6.19. The highest BCUT2D eigenvalue weighted by Gasteiger charge is 2.17. The average molecular weight is 449 g/mol. The molecule has 0 saturated carbocycles. The Balaban J connectivity index is 3.64. The Kier molecular flexibility index (Phi) is 18.1.